The summed E-state index contributed by atoms with van der Waals surface area (Å²) in [5, 5.41) is 27.4. The molecule has 204 valence electrons. The first kappa shape index (κ1) is 27.5. The molecule has 1 aromatic carbocycles. The maximum Gasteiger partial charge on any atom is 0.238 e. The van der Waals surface area contributed by atoms with E-state index in [1.807, 2.05) is 0 Å². The van der Waals surface area contributed by atoms with Crippen LogP contribution in [0.4, 0.5) is 10.1 Å². The van der Waals surface area contributed by atoms with Gasteiger partial charge in [-0.3, -0.25) is 33.7 Å². The number of nitrogens with zero attached hydrogens (tertiary/aromatic N) is 1. The van der Waals surface area contributed by atoms with Crippen LogP contribution in [-0.2, 0) is 30.4 Å². The van der Waals surface area contributed by atoms with Crippen molar-refractivity contribution in [2.45, 2.75) is 31.4 Å². The maximum absolute atomic E-state index is 15.2. The van der Waals surface area contributed by atoms with Crippen LogP contribution in [0.1, 0.15) is 29.3 Å². The molecule has 6 atom stereocenters. The van der Waals surface area contributed by atoms with E-state index >= 15 is 4.39 Å². The minimum Gasteiger partial charge on any atom is -0.505 e. The van der Waals surface area contributed by atoms with Crippen LogP contribution in [0.5, 0.6) is 5.75 Å². The lowest BCUT2D eigenvalue weighted by atomic mass is 9.52. The number of aliphatic hydroxyl groups is 1. The number of ketones is 4. The van der Waals surface area contributed by atoms with Gasteiger partial charge in [0.05, 0.1) is 29.8 Å². The van der Waals surface area contributed by atoms with Crippen LogP contribution in [0, 0.1) is 29.5 Å². The van der Waals surface area contributed by atoms with E-state index in [1.165, 1.54) is 19.0 Å². The molecule has 12 nitrogen and oxygen atoms in total. The molecule has 4 rings (SSSR count). The third kappa shape index (κ3) is 3.92. The van der Waals surface area contributed by atoms with E-state index in [0.717, 1.165) is 6.07 Å². The van der Waals surface area contributed by atoms with Crippen molar-refractivity contribution in [3.63, 3.8) is 0 Å². The summed E-state index contributed by atoms with van der Waals surface area (Å²) in [5.41, 5.74) is 1.32. The quantitative estimate of drug-likeness (QED) is 0.214. The van der Waals surface area contributed by atoms with Crippen molar-refractivity contribution in [1.29, 1.82) is 0 Å². The lowest BCUT2D eigenvalue weighted by Crippen LogP contribution is -2.74. The number of phenolic OH excluding ortho intramolecular Hbond substituents is 1. The summed E-state index contributed by atoms with van der Waals surface area (Å²) in [5.74, 6) is -14.0. The van der Waals surface area contributed by atoms with Crippen LogP contribution in [-0.4, -0.2) is 88.9 Å². The van der Waals surface area contributed by atoms with Gasteiger partial charge < -0.3 is 26.6 Å². The summed E-state index contributed by atoms with van der Waals surface area (Å²) >= 11 is 0. The van der Waals surface area contributed by atoms with E-state index in [-0.39, 0.29) is 30.6 Å². The van der Waals surface area contributed by atoms with Gasteiger partial charge in [-0.15, -0.1) is 0 Å². The molecule has 0 spiro atoms. The Balaban J connectivity index is 1.80. The molecule has 38 heavy (non-hydrogen) atoms. The topological polar surface area (TPSA) is 196 Å². The summed E-state index contributed by atoms with van der Waals surface area (Å²) in [4.78, 5) is 79.1. The zero-order valence-electron chi connectivity index (χ0n) is 21.0. The zero-order valence-corrected chi connectivity index (χ0v) is 21.0. The third-order valence-electron chi connectivity index (χ3n) is 7.82. The molecule has 0 heterocycles. The standard InChI is InChI=1S/C25H29FN4O8/c1-4-28-8-14(31)29-13-7-12(26)10-5-9-6-11-18(30(2)3)21(34)17(24(27)37)23(36)25(11,38)22(35)15(9)20(33)16(10)19(13)32/h7,9,11,15,17-18,28,32,38H,4-6,8H2,1-3H3,(H2,27,37)(H,29,31)/t9-,11-,15?,17?,18-,25-/m0/s1. The van der Waals surface area contributed by atoms with Crippen molar-refractivity contribution in [3.8, 4) is 5.75 Å². The second-order valence-corrected chi connectivity index (χ2v) is 10.2. The van der Waals surface area contributed by atoms with Gasteiger partial charge in [-0.25, -0.2) is 4.39 Å². The molecule has 2 amide bonds. The number of carbonyl (C=O) groups is 6. The fourth-order valence-electron chi connectivity index (χ4n) is 6.15. The molecule has 2 saturated carbocycles. The number of primary amides is 1. The van der Waals surface area contributed by atoms with Gasteiger partial charge in [-0.2, -0.15) is 0 Å². The van der Waals surface area contributed by atoms with Crippen LogP contribution < -0.4 is 16.4 Å². The van der Waals surface area contributed by atoms with Crippen LogP contribution in [0.3, 0.4) is 0 Å². The Kier molecular flexibility index (Phi) is 6.97. The van der Waals surface area contributed by atoms with Gasteiger partial charge in [0.1, 0.15) is 11.6 Å². The number of likely N-dealkylation sites (N-methyl/N-ethyl adjacent to an activating group) is 2. The number of hydrogen-bond acceptors (Lipinski definition) is 10. The van der Waals surface area contributed by atoms with Crippen molar-refractivity contribution < 1.29 is 43.4 Å². The van der Waals surface area contributed by atoms with E-state index in [1.54, 1.807) is 6.92 Å². The Morgan fingerprint density at radius 3 is 2.45 bits per heavy atom. The number of rotatable bonds is 6. The number of halogens is 1. The van der Waals surface area contributed by atoms with Crippen molar-refractivity contribution >= 4 is 40.6 Å². The number of Topliss-reactive ketones (excluding diaryl/α,β-unsaturated/α-hetero) is 4. The predicted octanol–water partition coefficient (Wildman–Crippen LogP) is -1.45. The number of nitrogens with two attached hydrogens (primary N) is 1. The van der Waals surface area contributed by atoms with E-state index in [2.05, 4.69) is 10.6 Å². The molecule has 2 fully saturated rings. The van der Waals surface area contributed by atoms with E-state index in [4.69, 9.17) is 5.73 Å². The van der Waals surface area contributed by atoms with Gasteiger partial charge in [-0.05, 0) is 39.4 Å². The number of hydrogen-bond donors (Lipinski definition) is 5. The molecular weight excluding hydrogens is 503 g/mol. The molecule has 13 heteroatoms. The average molecular weight is 533 g/mol. The molecule has 1 aromatic rings. The number of benzene rings is 1. The highest BCUT2D eigenvalue weighted by molar-refractivity contribution is 6.32. The fourth-order valence-corrected chi connectivity index (χ4v) is 6.15. The van der Waals surface area contributed by atoms with Gasteiger partial charge in [0, 0.05) is 17.5 Å². The van der Waals surface area contributed by atoms with Crippen LogP contribution in [0.2, 0.25) is 0 Å². The van der Waals surface area contributed by atoms with Gasteiger partial charge >= 0.3 is 0 Å². The van der Waals surface area contributed by atoms with Crippen LogP contribution in [0.25, 0.3) is 0 Å². The maximum atomic E-state index is 15.2. The van der Waals surface area contributed by atoms with Gasteiger partial charge in [0.25, 0.3) is 0 Å². The second-order valence-electron chi connectivity index (χ2n) is 10.2. The molecule has 0 aliphatic heterocycles. The van der Waals surface area contributed by atoms with Crippen LogP contribution >= 0.6 is 0 Å². The van der Waals surface area contributed by atoms with Crippen molar-refractivity contribution in [2.24, 2.45) is 29.4 Å². The molecule has 2 unspecified atom stereocenters. The number of fused-ring (bicyclic) bond motifs is 3. The largest absolute Gasteiger partial charge is 0.505 e. The fraction of sp³-hybridized carbons (Fsp3) is 0.520. The Hall–Kier alpha value is -3.55. The summed E-state index contributed by atoms with van der Waals surface area (Å²) in [6.45, 7) is 2.09. The van der Waals surface area contributed by atoms with E-state index in [0.29, 0.717) is 6.54 Å². The Bertz CT molecular complexity index is 1280. The van der Waals surface area contributed by atoms with Crippen molar-refractivity contribution in [3.05, 3.63) is 23.0 Å². The number of aromatic hydroxyl groups is 1. The monoisotopic (exact) mass is 532 g/mol. The summed E-state index contributed by atoms with van der Waals surface area (Å²) < 4.78 is 15.2. The second kappa shape index (κ2) is 9.64. The number of amides is 2. The van der Waals surface area contributed by atoms with Crippen molar-refractivity contribution in [2.75, 3.05) is 32.5 Å². The lowest BCUT2D eigenvalue weighted by molar-refractivity contribution is -0.181. The first-order valence-corrected chi connectivity index (χ1v) is 12.2. The van der Waals surface area contributed by atoms with Gasteiger partial charge in [0.2, 0.25) is 11.8 Å². The van der Waals surface area contributed by atoms with Crippen molar-refractivity contribution in [1.82, 2.24) is 10.2 Å². The normalized spacial score (nSPS) is 30.5. The van der Waals surface area contributed by atoms with Gasteiger partial charge in [0.15, 0.2) is 34.7 Å². The van der Waals surface area contributed by atoms with Crippen LogP contribution in [0.15, 0.2) is 6.07 Å². The summed E-state index contributed by atoms with van der Waals surface area (Å²) in [6.07, 6.45) is -0.401. The number of carbonyl (C=O) groups excluding carboxylic acids is 6. The van der Waals surface area contributed by atoms with Gasteiger partial charge in [-0.1, -0.05) is 6.92 Å². The smallest absolute Gasteiger partial charge is 0.238 e. The first-order chi connectivity index (χ1) is 17.8. The minimum absolute atomic E-state index is 0.144. The Morgan fingerprint density at radius 2 is 1.87 bits per heavy atom. The first-order valence-electron chi connectivity index (χ1n) is 12.2. The molecule has 3 aliphatic rings. The summed E-state index contributed by atoms with van der Waals surface area (Å²) in [6, 6.07) is -0.371. The van der Waals surface area contributed by atoms with E-state index < -0.39 is 87.4 Å². The third-order valence-corrected chi connectivity index (χ3v) is 7.82. The van der Waals surface area contributed by atoms with E-state index in [9.17, 15) is 39.0 Å². The number of anilines is 1. The highest BCUT2D eigenvalue weighted by Crippen LogP contribution is 2.51. The zero-order chi connectivity index (χ0) is 28.3. The Labute approximate surface area is 216 Å². The molecule has 3 aliphatic carbocycles. The molecule has 0 aromatic heterocycles. The number of phenols is 1. The molecule has 0 saturated heterocycles. The predicted molar refractivity (Wildman–Crippen MR) is 128 cm³/mol. The highest BCUT2D eigenvalue weighted by Gasteiger charge is 2.69. The molecule has 6 N–H and O–H groups in total. The SMILES string of the molecule is CCNCC(=O)Nc1cc(F)c2c(c1O)C(=O)C1C(=O)[C@]3(O)C(=O)C(C(N)=O)C(=O)[C@@H](N(C)C)[C@@H]3C[C@@H]1C2. The average Bonchev–Trinajstić information content (AvgIpc) is 2.82. The highest BCUT2D eigenvalue weighted by atomic mass is 19.1. The molecule has 0 radical (unpaired) electrons. The molecule has 0 bridgehead atoms. The number of nitrogens with one attached hydrogen (secondary N) is 2. The minimum atomic E-state index is -2.87. The Morgan fingerprint density at radius 1 is 1.21 bits per heavy atom. The lowest BCUT2D eigenvalue weighted by Gasteiger charge is -2.52. The molecular formula is C25H29FN4O8. The summed E-state index contributed by atoms with van der Waals surface area (Å²) in [7, 11) is 2.94.